The second-order valence-corrected chi connectivity index (χ2v) is 3.14. The Morgan fingerprint density at radius 2 is 2.31 bits per heavy atom. The fraction of sp³-hybridized carbons (Fsp3) is 0.333. The van der Waals surface area contributed by atoms with E-state index in [1.54, 1.807) is 6.92 Å². The summed E-state index contributed by atoms with van der Waals surface area (Å²) in [5.41, 5.74) is 0.463. The summed E-state index contributed by atoms with van der Waals surface area (Å²) in [5.74, 6) is 0.0888. The van der Waals surface area contributed by atoms with Gasteiger partial charge in [-0.05, 0) is 6.92 Å². The van der Waals surface area contributed by atoms with E-state index >= 15 is 0 Å². The molecule has 0 fully saturated rings. The van der Waals surface area contributed by atoms with Crippen molar-refractivity contribution in [3.8, 4) is 0 Å². The lowest BCUT2D eigenvalue weighted by atomic mass is 10.2. The zero-order valence-electron chi connectivity index (χ0n) is 8.98. The van der Waals surface area contributed by atoms with Gasteiger partial charge in [-0.25, -0.2) is 4.98 Å². The van der Waals surface area contributed by atoms with E-state index < -0.39 is 4.92 Å². The Kier molecular flexibility index (Phi) is 3.76. The fourth-order valence-corrected chi connectivity index (χ4v) is 1.07. The number of amides is 1. The van der Waals surface area contributed by atoms with Crippen molar-refractivity contribution < 1.29 is 9.72 Å². The normalized spacial score (nSPS) is 9.62. The van der Waals surface area contributed by atoms with Crippen molar-refractivity contribution in [2.24, 2.45) is 0 Å². The van der Waals surface area contributed by atoms with E-state index in [9.17, 15) is 14.9 Å². The summed E-state index contributed by atoms with van der Waals surface area (Å²) in [6.07, 6.45) is 1.39. The third kappa shape index (κ3) is 2.91. The number of carbonyl (C=O) groups is 1. The Balaban J connectivity index is 2.79. The van der Waals surface area contributed by atoms with E-state index in [0.29, 0.717) is 11.4 Å². The summed E-state index contributed by atoms with van der Waals surface area (Å²) < 4.78 is 0. The number of nitro groups is 1. The smallest absolute Gasteiger partial charge is 0.277 e. The maximum absolute atomic E-state index is 10.9. The van der Waals surface area contributed by atoms with Gasteiger partial charge in [-0.2, -0.15) is 0 Å². The van der Waals surface area contributed by atoms with Crippen LogP contribution in [0.15, 0.2) is 12.3 Å². The molecule has 0 radical (unpaired) electrons. The first-order valence-electron chi connectivity index (χ1n) is 4.60. The van der Waals surface area contributed by atoms with Crippen LogP contribution in [0.2, 0.25) is 0 Å². The van der Waals surface area contributed by atoms with Crippen LogP contribution in [-0.2, 0) is 4.79 Å². The lowest BCUT2D eigenvalue weighted by Gasteiger charge is -2.04. The van der Waals surface area contributed by atoms with Crippen LogP contribution in [0, 0.1) is 17.0 Å². The number of pyridine rings is 1. The molecule has 1 aromatic heterocycles. The third-order valence-electron chi connectivity index (χ3n) is 1.98. The van der Waals surface area contributed by atoms with Crippen LogP contribution < -0.4 is 10.6 Å². The van der Waals surface area contributed by atoms with Gasteiger partial charge < -0.3 is 10.6 Å². The van der Waals surface area contributed by atoms with Crippen molar-refractivity contribution in [2.45, 2.75) is 6.92 Å². The molecule has 0 aliphatic rings. The second-order valence-electron chi connectivity index (χ2n) is 3.14. The highest BCUT2D eigenvalue weighted by molar-refractivity contribution is 5.80. The van der Waals surface area contributed by atoms with Crippen molar-refractivity contribution in [1.29, 1.82) is 0 Å². The molecular weight excluding hydrogens is 212 g/mol. The highest BCUT2D eigenvalue weighted by Gasteiger charge is 2.12. The zero-order valence-corrected chi connectivity index (χ0v) is 8.98. The summed E-state index contributed by atoms with van der Waals surface area (Å²) >= 11 is 0. The van der Waals surface area contributed by atoms with Crippen LogP contribution in [0.4, 0.5) is 11.5 Å². The highest BCUT2D eigenvalue weighted by atomic mass is 16.6. The molecular formula is C9H12N4O3. The number of aromatic nitrogens is 1. The quantitative estimate of drug-likeness (QED) is 0.571. The van der Waals surface area contributed by atoms with E-state index in [0.717, 1.165) is 0 Å². The van der Waals surface area contributed by atoms with E-state index in [1.807, 2.05) is 0 Å². The van der Waals surface area contributed by atoms with Gasteiger partial charge in [0.1, 0.15) is 5.82 Å². The minimum atomic E-state index is -0.484. The van der Waals surface area contributed by atoms with Crippen LogP contribution in [0.3, 0.4) is 0 Å². The molecule has 2 N–H and O–H groups in total. The number of likely N-dealkylation sites (N-methyl/N-ethyl adjacent to an activating group) is 1. The first-order valence-corrected chi connectivity index (χ1v) is 4.60. The molecule has 1 rings (SSSR count). The van der Waals surface area contributed by atoms with E-state index in [1.165, 1.54) is 19.3 Å². The van der Waals surface area contributed by atoms with Crippen LogP contribution in [-0.4, -0.2) is 29.4 Å². The summed E-state index contributed by atoms with van der Waals surface area (Å²) in [6.45, 7) is 1.64. The van der Waals surface area contributed by atoms with Gasteiger partial charge in [0, 0.05) is 18.8 Å². The molecule has 0 aromatic carbocycles. The van der Waals surface area contributed by atoms with Gasteiger partial charge in [-0.3, -0.25) is 14.9 Å². The highest BCUT2D eigenvalue weighted by Crippen LogP contribution is 2.19. The average molecular weight is 224 g/mol. The van der Waals surface area contributed by atoms with Crippen molar-refractivity contribution in [3.05, 3.63) is 27.9 Å². The molecule has 0 aliphatic carbocycles. The molecule has 0 atom stereocenters. The van der Waals surface area contributed by atoms with Gasteiger partial charge in [-0.1, -0.05) is 0 Å². The Labute approximate surface area is 92.0 Å². The molecule has 86 valence electrons. The summed E-state index contributed by atoms with van der Waals surface area (Å²) in [7, 11) is 1.51. The molecule has 1 amide bonds. The van der Waals surface area contributed by atoms with E-state index in [4.69, 9.17) is 0 Å². The number of anilines is 1. The van der Waals surface area contributed by atoms with Gasteiger partial charge in [0.15, 0.2) is 0 Å². The van der Waals surface area contributed by atoms with Crippen LogP contribution in [0.5, 0.6) is 0 Å². The molecule has 1 heterocycles. The predicted octanol–water partition coefficient (Wildman–Crippen LogP) is 0.456. The molecule has 16 heavy (non-hydrogen) atoms. The summed E-state index contributed by atoms with van der Waals surface area (Å²) in [6, 6.07) is 1.30. The van der Waals surface area contributed by atoms with Gasteiger partial charge >= 0.3 is 0 Å². The Morgan fingerprint density at radius 3 is 2.88 bits per heavy atom. The number of aryl methyl sites for hydroxylation is 1. The number of hydrogen-bond acceptors (Lipinski definition) is 5. The van der Waals surface area contributed by atoms with Crippen LogP contribution >= 0.6 is 0 Å². The number of rotatable bonds is 4. The minimum absolute atomic E-state index is 0.0191. The maximum atomic E-state index is 10.9. The Morgan fingerprint density at radius 1 is 1.62 bits per heavy atom. The largest absolute Gasteiger partial charge is 0.361 e. The molecule has 0 aliphatic heterocycles. The van der Waals surface area contributed by atoms with Gasteiger partial charge in [0.05, 0.1) is 17.5 Å². The molecule has 0 saturated carbocycles. The molecule has 0 saturated heterocycles. The van der Waals surface area contributed by atoms with Crippen molar-refractivity contribution in [2.75, 3.05) is 18.9 Å². The molecule has 1 aromatic rings. The average Bonchev–Trinajstić information content (AvgIpc) is 2.27. The van der Waals surface area contributed by atoms with Gasteiger partial charge in [0.2, 0.25) is 5.91 Å². The Hall–Kier alpha value is -2.18. The predicted molar refractivity (Wildman–Crippen MR) is 58.2 cm³/mol. The van der Waals surface area contributed by atoms with E-state index in [-0.39, 0.29) is 18.1 Å². The number of hydrogen-bond donors (Lipinski definition) is 2. The number of nitrogens with zero attached hydrogens (tertiary/aromatic N) is 2. The number of nitrogens with one attached hydrogen (secondary N) is 2. The van der Waals surface area contributed by atoms with Gasteiger partial charge in [-0.15, -0.1) is 0 Å². The first-order chi connectivity index (χ1) is 7.54. The lowest BCUT2D eigenvalue weighted by Crippen LogP contribution is -2.26. The zero-order chi connectivity index (χ0) is 12.1. The van der Waals surface area contributed by atoms with Crippen LogP contribution in [0.1, 0.15) is 5.56 Å². The van der Waals surface area contributed by atoms with Crippen LogP contribution in [0.25, 0.3) is 0 Å². The maximum Gasteiger partial charge on any atom is 0.277 e. The minimum Gasteiger partial charge on any atom is -0.361 e. The SMILES string of the molecule is CNC(=O)CNc1cc([N+](=O)[O-])c(C)cn1. The van der Waals surface area contributed by atoms with Crippen molar-refractivity contribution in [3.63, 3.8) is 0 Å². The summed E-state index contributed by atoms with van der Waals surface area (Å²) in [5, 5.41) is 15.8. The molecule has 0 spiro atoms. The number of carbonyl (C=O) groups excluding carboxylic acids is 1. The monoisotopic (exact) mass is 224 g/mol. The third-order valence-corrected chi connectivity index (χ3v) is 1.98. The van der Waals surface area contributed by atoms with Crippen molar-refractivity contribution in [1.82, 2.24) is 10.3 Å². The summed E-state index contributed by atoms with van der Waals surface area (Å²) in [4.78, 5) is 25.0. The van der Waals surface area contributed by atoms with Gasteiger partial charge in [0.25, 0.3) is 5.69 Å². The lowest BCUT2D eigenvalue weighted by molar-refractivity contribution is -0.385. The topological polar surface area (TPSA) is 97.2 Å². The second kappa shape index (κ2) is 5.06. The molecule has 0 unspecified atom stereocenters. The van der Waals surface area contributed by atoms with Crippen molar-refractivity contribution >= 4 is 17.4 Å². The standard InChI is InChI=1S/C9H12N4O3/c1-6-4-11-8(3-7(6)13(15)16)12-5-9(14)10-2/h3-4H,5H2,1-2H3,(H,10,14)(H,11,12). The van der Waals surface area contributed by atoms with E-state index in [2.05, 4.69) is 15.6 Å². The molecule has 7 heteroatoms. The Bertz CT molecular complexity index is 419. The fourth-order valence-electron chi connectivity index (χ4n) is 1.07. The first kappa shape index (κ1) is 11.9. The molecule has 7 nitrogen and oxygen atoms in total. The molecule has 0 bridgehead atoms.